The van der Waals surface area contributed by atoms with Gasteiger partial charge in [0, 0.05) is 79.9 Å². The van der Waals surface area contributed by atoms with Gasteiger partial charge < -0.3 is 117 Å². The molecule has 7 aliphatic heterocycles. The molecule has 34 nitrogen and oxygen atoms in total. The lowest BCUT2D eigenvalue weighted by molar-refractivity contribution is -0.333. The van der Waals surface area contributed by atoms with Crippen molar-refractivity contribution in [1.82, 2.24) is 31.9 Å². The van der Waals surface area contributed by atoms with Gasteiger partial charge >= 0.3 is 6.03 Å². The first kappa shape index (κ1) is 93.5. The molecule has 8 amide bonds. The van der Waals surface area contributed by atoms with Crippen molar-refractivity contribution in [3.05, 3.63) is 141 Å². The van der Waals surface area contributed by atoms with Crippen LogP contribution in [0.15, 0.2) is 103 Å². The number of aliphatic hydroxyl groups is 6. The molecule has 128 heavy (non-hydrogen) atoms. The van der Waals surface area contributed by atoms with E-state index in [4.69, 9.17) is 62.1 Å². The van der Waals surface area contributed by atoms with Crippen molar-refractivity contribution >= 4 is 87.7 Å². The summed E-state index contributed by atoms with van der Waals surface area (Å²) in [7, 11) is 0. The van der Waals surface area contributed by atoms with E-state index in [1.807, 2.05) is 13.8 Å². The molecule has 18 atom stereocenters. The molecule has 0 radical (unpaired) electrons. The number of phenolic OH excluding ortho intramolecular Hbond substituents is 3. The lowest BCUT2D eigenvalue weighted by Crippen LogP contribution is -2.64. The minimum Gasteiger partial charge on any atom is -0.508 e. The SMILES string of the molecule is CC[C@H](CC(C)C)C(=O)N[C@H]1C(=O)C[C@@H](CC(=O)NC(=O)Nc2ccc(OCCCNC(C)=O)cc2)C(=O)N[C@H]2C(=O)C[C@H]3C(=O)N[C@H](C(=O)N[C@H](C(=O)CC4C5CC6CC(C5)CC4C6)c4cc(O)cc(O)c4-c4cc3ccc4O)[C@H](O)c3ccc(c(Cl)c3)Oc3cc2cc(c3O[C@@H]2O[C@H](CO)[C@@H](O)[C@H](O)[C@H]2O[C@H]2C[C@](C)(N)[C@H](O)[C@H](C)O2)Oc2ccc(cc2Cl)[C@H]1O. The maximum atomic E-state index is 16.8. The van der Waals surface area contributed by atoms with Gasteiger partial charge in [-0.3, -0.25) is 48.5 Å². The number of imide groups is 1. The van der Waals surface area contributed by atoms with E-state index in [1.165, 1.54) is 87.5 Å². The van der Waals surface area contributed by atoms with Gasteiger partial charge in [0.15, 0.2) is 41.2 Å². The highest BCUT2D eigenvalue weighted by atomic mass is 35.5. The molecule has 7 heterocycles. The quantitative estimate of drug-likeness (QED) is 0.0301. The van der Waals surface area contributed by atoms with E-state index in [0.717, 1.165) is 68.5 Å². The van der Waals surface area contributed by atoms with Crippen LogP contribution < -0.4 is 61.9 Å². The molecular formula is C92H108Cl2N8O26. The normalized spacial score (nSPS) is 30.0. The maximum Gasteiger partial charge on any atom is 0.325 e. The molecule has 15 bridgehead atoms. The molecule has 0 spiro atoms. The van der Waals surface area contributed by atoms with Crippen molar-refractivity contribution in [1.29, 1.82) is 0 Å². The first-order valence-electron chi connectivity index (χ1n) is 43.2. The van der Waals surface area contributed by atoms with Crippen LogP contribution in [-0.2, 0) is 57.4 Å². The predicted octanol–water partition coefficient (Wildman–Crippen LogP) is 8.24. The second-order valence-corrected chi connectivity index (χ2v) is 36.6. The first-order valence-corrected chi connectivity index (χ1v) is 44.0. The number of nitrogens with two attached hydrogens (primary N) is 1. The highest BCUT2D eigenvalue weighted by Gasteiger charge is 2.53. The van der Waals surface area contributed by atoms with Crippen LogP contribution >= 0.6 is 23.2 Å². The number of ketones is 3. The average molecular weight is 1810 g/mol. The Labute approximate surface area is 746 Å². The van der Waals surface area contributed by atoms with Crippen LogP contribution in [-0.4, -0.2) is 191 Å². The van der Waals surface area contributed by atoms with Crippen molar-refractivity contribution < 1.29 is 127 Å². The van der Waals surface area contributed by atoms with Gasteiger partial charge in [-0.25, -0.2) is 4.79 Å². The fraction of sp³-hybridized carbons (Fsp3) is 0.500. The second kappa shape index (κ2) is 39.4. The summed E-state index contributed by atoms with van der Waals surface area (Å²) in [5.41, 5.74) is 3.59. The molecule has 6 aromatic rings. The summed E-state index contributed by atoms with van der Waals surface area (Å²) in [6, 6.07) is 11.7. The van der Waals surface area contributed by atoms with Gasteiger partial charge in [0.05, 0.1) is 47.3 Å². The number of nitrogens with one attached hydrogen (secondary N) is 7. The number of phenols is 3. The van der Waals surface area contributed by atoms with E-state index < -0.39 is 233 Å². The van der Waals surface area contributed by atoms with Crippen LogP contribution in [0, 0.1) is 47.3 Å². The van der Waals surface area contributed by atoms with Crippen molar-refractivity contribution in [2.45, 2.75) is 222 Å². The molecule has 4 aliphatic carbocycles. The number of urea groups is 1. The van der Waals surface area contributed by atoms with Crippen molar-refractivity contribution in [3.8, 4) is 62.9 Å². The van der Waals surface area contributed by atoms with E-state index in [2.05, 4.69) is 37.2 Å². The van der Waals surface area contributed by atoms with Crippen molar-refractivity contribution in [3.63, 3.8) is 0 Å². The number of hydrogen-bond donors (Lipinski definition) is 17. The highest BCUT2D eigenvalue weighted by Crippen LogP contribution is 2.59. The largest absolute Gasteiger partial charge is 0.508 e. The fourth-order valence-corrected chi connectivity index (χ4v) is 20.0. The van der Waals surface area contributed by atoms with Crippen LogP contribution in [0.1, 0.15) is 183 Å². The Morgan fingerprint density at radius 2 is 1.34 bits per heavy atom. The van der Waals surface area contributed by atoms with E-state index >= 15 is 28.8 Å². The fourth-order valence-electron chi connectivity index (χ4n) is 19.5. The lowest BCUT2D eigenvalue weighted by Gasteiger charge is -2.54. The number of ether oxygens (including phenoxy) is 7. The number of Topliss-reactive ketones (excluding diaryl/α,β-unsaturated/α-hetero) is 3. The number of rotatable bonds is 21. The van der Waals surface area contributed by atoms with Crippen LogP contribution in [0.2, 0.25) is 10.0 Å². The van der Waals surface area contributed by atoms with Gasteiger partial charge in [0.25, 0.3) is 0 Å². The molecule has 2 saturated heterocycles. The summed E-state index contributed by atoms with van der Waals surface area (Å²) in [6.45, 7) is 9.47. The molecule has 686 valence electrons. The van der Waals surface area contributed by atoms with Gasteiger partial charge in [-0.15, -0.1) is 0 Å². The Bertz CT molecular complexity index is 5200. The number of halogens is 2. The van der Waals surface area contributed by atoms with E-state index in [1.54, 1.807) is 6.92 Å². The number of fused-ring (bicyclic) bond motifs is 15. The zero-order valence-corrected chi connectivity index (χ0v) is 72.7. The van der Waals surface area contributed by atoms with Crippen molar-refractivity contribution in [2.24, 2.45) is 53.1 Å². The Hall–Kier alpha value is -10.6. The number of anilines is 1. The zero-order valence-electron chi connectivity index (χ0n) is 71.2. The van der Waals surface area contributed by atoms with Crippen LogP contribution in [0.25, 0.3) is 11.1 Å². The Kier molecular flexibility index (Phi) is 28.8. The molecular weight excluding hydrogens is 1700 g/mol. The number of amides is 8. The van der Waals surface area contributed by atoms with Gasteiger partial charge in [0.2, 0.25) is 47.5 Å². The number of aromatic hydroxyl groups is 3. The van der Waals surface area contributed by atoms with Gasteiger partial charge in [-0.1, -0.05) is 62.2 Å². The highest BCUT2D eigenvalue weighted by molar-refractivity contribution is 6.32. The third kappa shape index (κ3) is 20.8. The number of hydrogen-bond acceptors (Lipinski definition) is 27. The minimum absolute atomic E-state index is 0.0658. The second-order valence-electron chi connectivity index (χ2n) is 35.7. The Morgan fingerprint density at radius 1 is 0.695 bits per heavy atom. The first-order chi connectivity index (χ1) is 60.9. The molecule has 6 aromatic carbocycles. The van der Waals surface area contributed by atoms with Crippen molar-refractivity contribution in [2.75, 3.05) is 25.1 Å². The Balaban J connectivity index is 0.941. The molecule has 4 saturated carbocycles. The number of carbonyl (C=O) groups excluding carboxylic acids is 10. The van der Waals surface area contributed by atoms with Crippen LogP contribution in [0.3, 0.4) is 0 Å². The summed E-state index contributed by atoms with van der Waals surface area (Å²) in [4.78, 5) is 151. The van der Waals surface area contributed by atoms with Gasteiger partial charge in [0.1, 0.15) is 89.2 Å². The minimum atomic E-state index is -2.28. The number of carbonyl (C=O) groups is 10. The predicted molar refractivity (Wildman–Crippen MR) is 459 cm³/mol. The Morgan fingerprint density at radius 3 is 1.96 bits per heavy atom. The number of aliphatic hydroxyl groups excluding tert-OH is 6. The summed E-state index contributed by atoms with van der Waals surface area (Å²) in [5, 5.41) is 125. The topological polar surface area (TPSA) is 528 Å². The maximum absolute atomic E-state index is 16.8. The standard InChI is InChI=1S/C92H108Cl2N8O26/c1-7-45(21-40(2)3)86(117)101-77-64(108)30-52(33-72(111)98-91(121)97-53-12-14-55(15-13-53)122-20-8-19-96-42(5)104)87(118)99-75-51-31-69(124-67-17-10-47(79(77)112)28-60(67)93)83(128-90-84(82(115)81(114)71(39-103)126-90)127-73-38-92(6,95)85(116)41(4)123-73)70(32-51)125-68-18-11-48(29-61(68)94)80(113)78-89(120)100-76(66(110)36-56-49-23-43-22-44(25-49)26-50(56)24-43)59-34-54(105)35-63(107)74(59)58-27-46(9-16-62(58)106)57(37-65(75)109)88(119)102-78/h9-18,27-29,31-32,34-35,40-41,43-45,49-50,52,56-57,71,73,75-82,84-85,90,103,105-107,112-116H,7-8,19-26,30,33,36-39,95H2,1-6H3,(H,96,104)(H,99,118)(H,100,120)(H,101,117)(H,102,119)(H2,97,98,111,121)/t41-,43?,44?,45+,49?,50?,52-,56?,57+,71+,73-,75+,76-,77-,78-,79+,80+,81+,82-,84+,85+,90-,92-/m0/s1. The third-order valence-electron chi connectivity index (χ3n) is 25.9. The summed E-state index contributed by atoms with van der Waals surface area (Å²) in [5.74, 6) is -16.4. The molecule has 6 fully saturated rings. The molecule has 36 heteroatoms. The molecule has 11 aliphatic rings. The molecule has 0 aromatic heterocycles. The smallest absolute Gasteiger partial charge is 0.325 e. The third-order valence-corrected chi connectivity index (χ3v) is 26.5. The van der Waals surface area contributed by atoms with Gasteiger partial charge in [-0.05, 0) is 207 Å². The monoisotopic (exact) mass is 1810 g/mol. The lowest BCUT2D eigenvalue weighted by atomic mass is 9.51. The summed E-state index contributed by atoms with van der Waals surface area (Å²) in [6.07, 6.45) is -15.4. The number of benzene rings is 6. The summed E-state index contributed by atoms with van der Waals surface area (Å²) >= 11 is 14.6. The van der Waals surface area contributed by atoms with Crippen LogP contribution in [0.4, 0.5) is 10.5 Å². The summed E-state index contributed by atoms with van der Waals surface area (Å²) < 4.78 is 45.0. The molecule has 18 N–H and O–H groups in total. The zero-order chi connectivity index (χ0) is 91.8. The van der Waals surface area contributed by atoms with Crippen LogP contribution in [0.5, 0.6) is 51.7 Å². The van der Waals surface area contributed by atoms with E-state index in [-0.39, 0.29) is 111 Å². The average Bonchev–Trinajstić information content (AvgIpc) is 0.760. The van der Waals surface area contributed by atoms with E-state index in [0.29, 0.717) is 37.0 Å². The molecule has 0 unspecified atom stereocenters. The van der Waals surface area contributed by atoms with E-state index in [9.17, 15) is 65.1 Å². The van der Waals surface area contributed by atoms with Gasteiger partial charge in [-0.2, -0.15) is 0 Å². The molecule has 17 rings (SSSR count).